The molecule has 3 N–H and O–H groups in total. The first-order valence-electron chi connectivity index (χ1n) is 3.51. The summed E-state index contributed by atoms with van der Waals surface area (Å²) in [4.78, 5) is 0. The van der Waals surface area contributed by atoms with Crippen LogP contribution in [0.3, 0.4) is 0 Å². The largest absolute Gasteiger partial charge is 0.365 e. The third-order valence-electron chi connectivity index (χ3n) is 1.08. The highest BCUT2D eigenvalue weighted by atomic mass is 32.1. The van der Waals surface area contributed by atoms with Gasteiger partial charge in [-0.15, -0.1) is 0 Å². The Morgan fingerprint density at radius 3 is 2.70 bits per heavy atom. The van der Waals surface area contributed by atoms with Crippen molar-refractivity contribution in [1.29, 1.82) is 0 Å². The second kappa shape index (κ2) is 6.77. The van der Waals surface area contributed by atoms with Crippen LogP contribution in [0.15, 0.2) is 0 Å². The van der Waals surface area contributed by atoms with Crippen LogP contribution in [0.2, 0.25) is 0 Å². The molecule has 0 radical (unpaired) electrons. The van der Waals surface area contributed by atoms with Gasteiger partial charge in [-0.2, -0.15) is 0 Å². The maximum atomic E-state index is 4.82. The first-order valence-corrected chi connectivity index (χ1v) is 3.92. The highest BCUT2D eigenvalue weighted by Crippen LogP contribution is 1.79. The molecular weight excluding hydrogens is 146 g/mol. The normalized spacial score (nSPS) is 9.00. The topological polar surface area (TPSA) is 36.1 Å². The van der Waals surface area contributed by atoms with Crippen molar-refractivity contribution in [2.24, 2.45) is 0 Å². The van der Waals surface area contributed by atoms with Gasteiger partial charge in [-0.3, -0.25) is 5.43 Å². The van der Waals surface area contributed by atoms with Crippen LogP contribution in [0.4, 0.5) is 0 Å². The molecule has 0 amide bonds. The van der Waals surface area contributed by atoms with Gasteiger partial charge in [0.25, 0.3) is 0 Å². The number of unbranched alkanes of at least 4 members (excludes halogenated alkanes) is 1. The van der Waals surface area contributed by atoms with Crippen LogP contribution in [-0.4, -0.2) is 18.7 Å². The summed E-state index contributed by atoms with van der Waals surface area (Å²) in [6.07, 6.45) is 2.36. The first kappa shape index (κ1) is 9.65. The SMILES string of the molecule is CCCCNNC(=S)NC. The second-order valence-electron chi connectivity index (χ2n) is 1.98. The monoisotopic (exact) mass is 161 g/mol. The van der Waals surface area contributed by atoms with Crippen molar-refractivity contribution in [3.05, 3.63) is 0 Å². The number of nitrogens with one attached hydrogen (secondary N) is 3. The Morgan fingerprint density at radius 2 is 2.20 bits per heavy atom. The van der Waals surface area contributed by atoms with Gasteiger partial charge in [0.15, 0.2) is 5.11 Å². The molecule has 0 rings (SSSR count). The number of hydrazine groups is 1. The lowest BCUT2D eigenvalue weighted by molar-refractivity contribution is 0.609. The molecule has 0 aromatic rings. The number of hydrogen-bond donors (Lipinski definition) is 3. The fourth-order valence-electron chi connectivity index (χ4n) is 0.470. The maximum Gasteiger partial charge on any atom is 0.180 e. The minimum Gasteiger partial charge on any atom is -0.365 e. The third-order valence-corrected chi connectivity index (χ3v) is 1.39. The zero-order valence-corrected chi connectivity index (χ0v) is 7.35. The van der Waals surface area contributed by atoms with E-state index >= 15 is 0 Å². The van der Waals surface area contributed by atoms with Crippen LogP contribution in [0.1, 0.15) is 19.8 Å². The van der Waals surface area contributed by atoms with Crippen molar-refractivity contribution in [3.63, 3.8) is 0 Å². The van der Waals surface area contributed by atoms with E-state index in [-0.39, 0.29) is 0 Å². The van der Waals surface area contributed by atoms with E-state index < -0.39 is 0 Å². The van der Waals surface area contributed by atoms with E-state index in [2.05, 4.69) is 23.1 Å². The van der Waals surface area contributed by atoms with E-state index in [1.165, 1.54) is 12.8 Å². The number of thiocarbonyl (C=S) groups is 1. The smallest absolute Gasteiger partial charge is 0.180 e. The van der Waals surface area contributed by atoms with Gasteiger partial charge in [-0.25, -0.2) is 5.43 Å². The average Bonchev–Trinajstić information content (AvgIpc) is 1.98. The van der Waals surface area contributed by atoms with Crippen LogP contribution >= 0.6 is 12.2 Å². The quantitative estimate of drug-likeness (QED) is 0.316. The van der Waals surface area contributed by atoms with E-state index in [1.807, 2.05) is 0 Å². The number of hydrogen-bond acceptors (Lipinski definition) is 2. The fourth-order valence-corrected chi connectivity index (χ4v) is 0.543. The molecule has 60 valence electrons. The molecule has 0 saturated heterocycles. The molecule has 0 bridgehead atoms. The Hall–Kier alpha value is -0.350. The molecule has 4 heteroatoms. The Balaban J connectivity index is 2.96. The van der Waals surface area contributed by atoms with E-state index in [0.29, 0.717) is 5.11 Å². The zero-order chi connectivity index (χ0) is 7.82. The zero-order valence-electron chi connectivity index (χ0n) is 6.53. The van der Waals surface area contributed by atoms with Gasteiger partial charge in [0.1, 0.15) is 0 Å². The molecule has 0 fully saturated rings. The molecule has 0 unspecified atom stereocenters. The molecule has 0 atom stereocenters. The van der Waals surface area contributed by atoms with Crippen LogP contribution in [-0.2, 0) is 0 Å². The summed E-state index contributed by atoms with van der Waals surface area (Å²) < 4.78 is 0. The van der Waals surface area contributed by atoms with Gasteiger partial charge >= 0.3 is 0 Å². The van der Waals surface area contributed by atoms with Crippen molar-refractivity contribution in [2.75, 3.05) is 13.6 Å². The van der Waals surface area contributed by atoms with Gasteiger partial charge < -0.3 is 5.32 Å². The molecule has 0 aromatic heterocycles. The lowest BCUT2D eigenvalue weighted by Gasteiger charge is -2.06. The minimum atomic E-state index is 0.635. The summed E-state index contributed by atoms with van der Waals surface area (Å²) in [6, 6.07) is 0. The van der Waals surface area contributed by atoms with Crippen molar-refractivity contribution in [2.45, 2.75) is 19.8 Å². The minimum absolute atomic E-state index is 0.635. The van der Waals surface area contributed by atoms with Gasteiger partial charge in [0.2, 0.25) is 0 Å². The Bertz CT molecular complexity index is 95.0. The molecule has 0 aliphatic rings. The van der Waals surface area contributed by atoms with Gasteiger partial charge in [-0.1, -0.05) is 13.3 Å². The van der Waals surface area contributed by atoms with Crippen molar-refractivity contribution in [3.8, 4) is 0 Å². The van der Waals surface area contributed by atoms with Crippen LogP contribution in [0.5, 0.6) is 0 Å². The summed E-state index contributed by atoms with van der Waals surface area (Å²) in [5, 5.41) is 3.43. The van der Waals surface area contributed by atoms with Crippen molar-refractivity contribution < 1.29 is 0 Å². The van der Waals surface area contributed by atoms with Crippen LogP contribution in [0, 0.1) is 0 Å². The molecule has 0 aliphatic carbocycles. The Labute approximate surface area is 67.5 Å². The van der Waals surface area contributed by atoms with E-state index in [1.54, 1.807) is 7.05 Å². The second-order valence-corrected chi connectivity index (χ2v) is 2.39. The predicted molar refractivity (Wildman–Crippen MR) is 47.7 cm³/mol. The Morgan fingerprint density at radius 1 is 1.50 bits per heavy atom. The first-order chi connectivity index (χ1) is 4.81. The van der Waals surface area contributed by atoms with Crippen LogP contribution < -0.4 is 16.2 Å². The standard InChI is InChI=1S/C6H15N3S/c1-3-4-5-8-9-6(10)7-2/h8H,3-5H2,1-2H3,(H2,7,9,10). The summed E-state index contributed by atoms with van der Waals surface area (Å²) >= 11 is 4.82. The molecular formula is C6H15N3S. The van der Waals surface area contributed by atoms with Crippen molar-refractivity contribution >= 4 is 17.3 Å². The molecule has 0 spiro atoms. The third kappa shape index (κ3) is 5.78. The number of rotatable bonds is 4. The molecule has 0 saturated carbocycles. The molecule has 10 heavy (non-hydrogen) atoms. The summed E-state index contributed by atoms with van der Waals surface area (Å²) in [7, 11) is 1.79. The van der Waals surface area contributed by atoms with Gasteiger partial charge in [-0.05, 0) is 18.6 Å². The maximum absolute atomic E-state index is 4.82. The lowest BCUT2D eigenvalue weighted by atomic mass is 10.3. The highest BCUT2D eigenvalue weighted by molar-refractivity contribution is 7.80. The Kier molecular flexibility index (Phi) is 6.53. The summed E-state index contributed by atoms with van der Waals surface area (Å²) in [6.45, 7) is 3.11. The summed E-state index contributed by atoms with van der Waals surface area (Å²) in [5.41, 5.74) is 5.82. The molecule has 0 aliphatic heterocycles. The van der Waals surface area contributed by atoms with Crippen LogP contribution in [0.25, 0.3) is 0 Å². The summed E-state index contributed by atoms with van der Waals surface area (Å²) in [5.74, 6) is 0. The molecule has 0 heterocycles. The average molecular weight is 161 g/mol. The lowest BCUT2D eigenvalue weighted by Crippen LogP contribution is -2.42. The van der Waals surface area contributed by atoms with E-state index in [9.17, 15) is 0 Å². The van der Waals surface area contributed by atoms with E-state index in [0.717, 1.165) is 6.54 Å². The molecule has 3 nitrogen and oxygen atoms in total. The van der Waals surface area contributed by atoms with Gasteiger partial charge in [0.05, 0.1) is 0 Å². The van der Waals surface area contributed by atoms with Crippen molar-refractivity contribution in [1.82, 2.24) is 16.2 Å². The highest BCUT2D eigenvalue weighted by Gasteiger charge is 1.86. The predicted octanol–water partition coefficient (Wildman–Crippen LogP) is 0.385. The molecule has 0 aromatic carbocycles. The van der Waals surface area contributed by atoms with Gasteiger partial charge in [0, 0.05) is 13.6 Å². The van der Waals surface area contributed by atoms with E-state index in [4.69, 9.17) is 12.2 Å². The fraction of sp³-hybridized carbons (Fsp3) is 0.833.